The summed E-state index contributed by atoms with van der Waals surface area (Å²) in [6.07, 6.45) is 2.25. The molecule has 3 nitrogen and oxygen atoms in total. The Morgan fingerprint density at radius 2 is 1.63 bits per heavy atom. The zero-order valence-electron chi connectivity index (χ0n) is 14.8. The molecule has 27 heavy (non-hydrogen) atoms. The maximum atomic E-state index is 5.53. The van der Waals surface area contributed by atoms with E-state index in [4.69, 9.17) is 12.2 Å². The normalized spacial score (nSPS) is 21.7. The van der Waals surface area contributed by atoms with Gasteiger partial charge in [0.2, 0.25) is 0 Å². The third kappa shape index (κ3) is 4.19. The van der Waals surface area contributed by atoms with Crippen molar-refractivity contribution in [3.8, 4) is 0 Å². The van der Waals surface area contributed by atoms with Gasteiger partial charge in [0.15, 0.2) is 5.11 Å². The van der Waals surface area contributed by atoms with Crippen molar-refractivity contribution in [1.29, 1.82) is 0 Å². The molecule has 138 valence electrons. The molecular formula is C21H19Br2N3S. The van der Waals surface area contributed by atoms with Gasteiger partial charge < -0.3 is 10.6 Å². The molecule has 0 bridgehead atoms. The first kappa shape index (κ1) is 18.9. The van der Waals surface area contributed by atoms with E-state index >= 15 is 0 Å². The van der Waals surface area contributed by atoms with Crippen molar-refractivity contribution in [3.63, 3.8) is 0 Å². The number of halogens is 2. The second-order valence-corrected chi connectivity index (χ2v) is 9.12. The lowest BCUT2D eigenvalue weighted by Crippen LogP contribution is -2.49. The minimum atomic E-state index is 0.0814. The van der Waals surface area contributed by atoms with E-state index in [1.807, 2.05) is 0 Å². The monoisotopic (exact) mass is 503 g/mol. The molecule has 0 fully saturated rings. The fourth-order valence-electron chi connectivity index (χ4n) is 3.58. The summed E-state index contributed by atoms with van der Waals surface area (Å²) in [7, 11) is 2.16. The number of rotatable bonds is 2. The van der Waals surface area contributed by atoms with Gasteiger partial charge in [-0.25, -0.2) is 0 Å². The number of likely N-dealkylation sites (N-methyl/N-ethyl adjacent to an activating group) is 1. The van der Waals surface area contributed by atoms with E-state index in [0.29, 0.717) is 5.11 Å². The Bertz CT molecular complexity index is 933. The van der Waals surface area contributed by atoms with Gasteiger partial charge in [0.05, 0.1) is 6.04 Å². The molecule has 6 heteroatoms. The minimum Gasteiger partial charge on any atom is -0.352 e. The van der Waals surface area contributed by atoms with E-state index in [1.54, 1.807) is 0 Å². The third-order valence-corrected chi connectivity index (χ3v) is 6.08. The summed E-state index contributed by atoms with van der Waals surface area (Å²) >= 11 is 12.6. The summed E-state index contributed by atoms with van der Waals surface area (Å²) in [5, 5.41) is 7.54. The molecular weight excluding hydrogens is 486 g/mol. The Morgan fingerprint density at radius 1 is 1.00 bits per heavy atom. The Kier molecular flexibility index (Phi) is 5.50. The van der Waals surface area contributed by atoms with Crippen molar-refractivity contribution in [1.82, 2.24) is 15.5 Å². The molecule has 2 heterocycles. The van der Waals surface area contributed by atoms with Crippen LogP contribution in [-0.4, -0.2) is 30.1 Å². The average molecular weight is 505 g/mol. The molecule has 0 spiro atoms. The van der Waals surface area contributed by atoms with Crippen molar-refractivity contribution >= 4 is 55.3 Å². The molecule has 0 amide bonds. The highest BCUT2D eigenvalue weighted by Crippen LogP contribution is 2.34. The summed E-state index contributed by atoms with van der Waals surface area (Å²) in [5.41, 5.74) is 6.14. The maximum Gasteiger partial charge on any atom is 0.171 e. The molecule has 0 saturated heterocycles. The first-order valence-electron chi connectivity index (χ1n) is 8.70. The first-order chi connectivity index (χ1) is 13.0. The van der Waals surface area contributed by atoms with Crippen LogP contribution >= 0.6 is 44.1 Å². The lowest BCUT2D eigenvalue weighted by molar-refractivity contribution is 0.364. The first-order valence-corrected chi connectivity index (χ1v) is 10.7. The molecule has 0 saturated carbocycles. The SMILES string of the molecule is CN1CC2=C(NC(=S)NC2c2ccc(Br)cc2)/C(=C/c2ccc(Br)cc2)C1. The summed E-state index contributed by atoms with van der Waals surface area (Å²) in [5.74, 6) is 0. The van der Waals surface area contributed by atoms with Crippen LogP contribution in [0.2, 0.25) is 0 Å². The molecule has 0 aliphatic carbocycles. The topological polar surface area (TPSA) is 27.3 Å². The van der Waals surface area contributed by atoms with Crippen molar-refractivity contribution in [2.45, 2.75) is 6.04 Å². The second-order valence-electron chi connectivity index (χ2n) is 6.88. The van der Waals surface area contributed by atoms with Crippen LogP contribution in [0.15, 0.2) is 74.3 Å². The van der Waals surface area contributed by atoms with Crippen LogP contribution in [0, 0.1) is 0 Å². The largest absolute Gasteiger partial charge is 0.352 e. The highest BCUT2D eigenvalue weighted by Gasteiger charge is 2.32. The molecule has 1 unspecified atom stereocenters. The predicted molar refractivity (Wildman–Crippen MR) is 122 cm³/mol. The lowest BCUT2D eigenvalue weighted by atomic mass is 9.89. The Labute approximate surface area is 181 Å². The van der Waals surface area contributed by atoms with E-state index in [1.165, 1.54) is 22.3 Å². The highest BCUT2D eigenvalue weighted by molar-refractivity contribution is 9.10. The van der Waals surface area contributed by atoms with Gasteiger partial charge in [0, 0.05) is 27.7 Å². The van der Waals surface area contributed by atoms with E-state index < -0.39 is 0 Å². The molecule has 2 aliphatic heterocycles. The molecule has 4 rings (SSSR count). The standard InChI is InChI=1S/C21H19Br2N3S/c1-26-11-15(10-13-2-6-16(22)7-3-13)20-18(12-26)19(24-21(27)25-20)14-4-8-17(23)9-5-14/h2-10,19H,11-12H2,1H3,(H2,24,25,27)/b15-10+. The second kappa shape index (κ2) is 7.87. The maximum absolute atomic E-state index is 5.53. The highest BCUT2D eigenvalue weighted by atomic mass is 79.9. The number of hydrogen-bond acceptors (Lipinski definition) is 2. The van der Waals surface area contributed by atoms with Crippen LogP contribution in [0.4, 0.5) is 0 Å². The summed E-state index contributed by atoms with van der Waals surface area (Å²) < 4.78 is 2.16. The number of benzene rings is 2. The molecule has 0 aromatic heterocycles. The molecule has 2 aliphatic rings. The Hall–Kier alpha value is -1.47. The summed E-state index contributed by atoms with van der Waals surface area (Å²) in [6, 6.07) is 16.9. The van der Waals surface area contributed by atoms with E-state index in [-0.39, 0.29) is 6.04 Å². The third-order valence-electron chi connectivity index (χ3n) is 4.80. The van der Waals surface area contributed by atoms with Gasteiger partial charge in [-0.3, -0.25) is 4.90 Å². The van der Waals surface area contributed by atoms with Gasteiger partial charge in [-0.2, -0.15) is 0 Å². The molecule has 2 aromatic carbocycles. The molecule has 2 N–H and O–H groups in total. The predicted octanol–water partition coefficient (Wildman–Crippen LogP) is 5.01. The van der Waals surface area contributed by atoms with Crippen molar-refractivity contribution in [3.05, 3.63) is 85.4 Å². The molecule has 0 radical (unpaired) electrons. The quantitative estimate of drug-likeness (QED) is 0.562. The van der Waals surface area contributed by atoms with E-state index in [0.717, 1.165) is 27.7 Å². The fraction of sp³-hybridized carbons (Fsp3) is 0.190. The van der Waals surface area contributed by atoms with Crippen molar-refractivity contribution in [2.24, 2.45) is 0 Å². The molecule has 2 aromatic rings. The van der Waals surface area contributed by atoms with Gasteiger partial charge >= 0.3 is 0 Å². The van der Waals surface area contributed by atoms with Crippen LogP contribution in [-0.2, 0) is 0 Å². The van der Waals surface area contributed by atoms with Gasteiger partial charge in [-0.1, -0.05) is 56.1 Å². The van der Waals surface area contributed by atoms with Gasteiger partial charge in [0.25, 0.3) is 0 Å². The number of nitrogens with one attached hydrogen (secondary N) is 2. The molecule has 1 atom stereocenters. The number of thiocarbonyl (C=S) groups is 1. The van der Waals surface area contributed by atoms with Gasteiger partial charge in [-0.15, -0.1) is 0 Å². The van der Waals surface area contributed by atoms with Crippen LogP contribution in [0.5, 0.6) is 0 Å². The minimum absolute atomic E-state index is 0.0814. The van der Waals surface area contributed by atoms with Crippen molar-refractivity contribution in [2.75, 3.05) is 20.1 Å². The van der Waals surface area contributed by atoms with Gasteiger partial charge in [-0.05, 0) is 71.9 Å². The van der Waals surface area contributed by atoms with Crippen LogP contribution in [0.25, 0.3) is 6.08 Å². The van der Waals surface area contributed by atoms with E-state index in [9.17, 15) is 0 Å². The van der Waals surface area contributed by atoms with Crippen LogP contribution < -0.4 is 10.6 Å². The smallest absolute Gasteiger partial charge is 0.171 e. The Morgan fingerprint density at radius 3 is 2.30 bits per heavy atom. The van der Waals surface area contributed by atoms with Crippen LogP contribution in [0.3, 0.4) is 0 Å². The Balaban J connectivity index is 1.78. The summed E-state index contributed by atoms with van der Waals surface area (Å²) in [6.45, 7) is 1.79. The average Bonchev–Trinajstić information content (AvgIpc) is 2.64. The van der Waals surface area contributed by atoms with Crippen molar-refractivity contribution < 1.29 is 0 Å². The number of nitrogens with zero attached hydrogens (tertiary/aromatic N) is 1. The summed E-state index contributed by atoms with van der Waals surface area (Å²) in [4.78, 5) is 2.34. The lowest BCUT2D eigenvalue weighted by Gasteiger charge is -2.39. The number of hydrogen-bond donors (Lipinski definition) is 2. The van der Waals surface area contributed by atoms with Gasteiger partial charge in [0.1, 0.15) is 0 Å². The fourth-order valence-corrected chi connectivity index (χ4v) is 4.33. The zero-order valence-corrected chi connectivity index (χ0v) is 18.8. The van der Waals surface area contributed by atoms with E-state index in [2.05, 4.69) is 109 Å². The zero-order chi connectivity index (χ0) is 19.0. The van der Waals surface area contributed by atoms with Crippen LogP contribution in [0.1, 0.15) is 17.2 Å².